The molecule has 0 aliphatic carbocycles. The topological polar surface area (TPSA) is 65.2 Å². The lowest BCUT2D eigenvalue weighted by atomic mass is 10.2. The zero-order valence-electron chi connectivity index (χ0n) is 8.19. The van der Waals surface area contributed by atoms with E-state index in [0.29, 0.717) is 18.7 Å². The van der Waals surface area contributed by atoms with E-state index in [0.717, 1.165) is 5.69 Å². The second kappa shape index (κ2) is 5.47. The Balaban J connectivity index is 2.48. The number of hydrogen-bond acceptors (Lipinski definition) is 4. The molecule has 1 rings (SSSR count). The third kappa shape index (κ3) is 3.24. The van der Waals surface area contributed by atoms with Crippen LogP contribution in [0.4, 0.5) is 0 Å². The van der Waals surface area contributed by atoms with Gasteiger partial charge in [-0.25, -0.2) is 0 Å². The van der Waals surface area contributed by atoms with Gasteiger partial charge in [-0.1, -0.05) is 0 Å². The highest BCUT2D eigenvalue weighted by Gasteiger charge is 2.05. The number of nitrogens with two attached hydrogens (primary N) is 1. The average Bonchev–Trinajstić information content (AvgIpc) is 2.19. The standard InChI is InChI=1S/C10H14N2O2/c1-8-2-3-9(6-12-8)10(13)7-14-5-4-11/h2-3,6H,4-5,7,11H2,1H3. The molecule has 1 aromatic heterocycles. The molecular weight excluding hydrogens is 180 g/mol. The molecule has 0 fully saturated rings. The maximum atomic E-state index is 11.4. The van der Waals surface area contributed by atoms with Crippen LogP contribution in [0.15, 0.2) is 18.3 Å². The third-order valence-electron chi connectivity index (χ3n) is 1.73. The quantitative estimate of drug-likeness (QED) is 0.549. The van der Waals surface area contributed by atoms with Crippen molar-refractivity contribution < 1.29 is 9.53 Å². The molecule has 1 aromatic rings. The van der Waals surface area contributed by atoms with Gasteiger partial charge in [0.15, 0.2) is 5.78 Å². The number of carbonyl (C=O) groups is 1. The summed E-state index contributed by atoms with van der Waals surface area (Å²) in [7, 11) is 0. The number of aryl methyl sites for hydroxylation is 1. The van der Waals surface area contributed by atoms with Crippen molar-refractivity contribution in [1.82, 2.24) is 4.98 Å². The molecule has 4 nitrogen and oxygen atoms in total. The van der Waals surface area contributed by atoms with E-state index >= 15 is 0 Å². The molecule has 76 valence electrons. The Labute approximate surface area is 83.1 Å². The predicted molar refractivity (Wildman–Crippen MR) is 53.2 cm³/mol. The predicted octanol–water partition coefficient (Wildman–Crippen LogP) is 0.548. The molecule has 2 N–H and O–H groups in total. The summed E-state index contributed by atoms with van der Waals surface area (Å²) in [6.07, 6.45) is 1.56. The van der Waals surface area contributed by atoms with Gasteiger partial charge in [0.2, 0.25) is 0 Å². The Morgan fingerprint density at radius 3 is 2.93 bits per heavy atom. The Bertz CT molecular complexity index is 295. The van der Waals surface area contributed by atoms with Crippen LogP contribution < -0.4 is 5.73 Å². The first-order valence-corrected chi connectivity index (χ1v) is 4.47. The van der Waals surface area contributed by atoms with Crippen molar-refractivity contribution >= 4 is 5.78 Å². The van der Waals surface area contributed by atoms with Crippen LogP contribution in [0, 0.1) is 6.92 Å². The van der Waals surface area contributed by atoms with E-state index in [-0.39, 0.29) is 12.4 Å². The molecule has 0 saturated carbocycles. The fourth-order valence-corrected chi connectivity index (χ4v) is 0.964. The fourth-order valence-electron chi connectivity index (χ4n) is 0.964. The molecule has 0 spiro atoms. The number of ketones is 1. The number of aromatic nitrogens is 1. The van der Waals surface area contributed by atoms with Gasteiger partial charge >= 0.3 is 0 Å². The van der Waals surface area contributed by atoms with Crippen LogP contribution in [0.3, 0.4) is 0 Å². The van der Waals surface area contributed by atoms with Crippen LogP contribution in [0.5, 0.6) is 0 Å². The van der Waals surface area contributed by atoms with E-state index < -0.39 is 0 Å². The molecule has 1 heterocycles. The summed E-state index contributed by atoms with van der Waals surface area (Å²) in [6, 6.07) is 3.55. The summed E-state index contributed by atoms with van der Waals surface area (Å²) in [4.78, 5) is 15.5. The van der Waals surface area contributed by atoms with E-state index in [9.17, 15) is 4.79 Å². The zero-order chi connectivity index (χ0) is 10.4. The number of nitrogens with zero attached hydrogens (tertiary/aromatic N) is 1. The molecule has 0 atom stereocenters. The number of carbonyl (C=O) groups excluding carboxylic acids is 1. The lowest BCUT2D eigenvalue weighted by Crippen LogP contribution is -2.14. The smallest absolute Gasteiger partial charge is 0.190 e. The Morgan fingerprint density at radius 1 is 1.57 bits per heavy atom. The van der Waals surface area contributed by atoms with Gasteiger partial charge in [-0.15, -0.1) is 0 Å². The number of ether oxygens (including phenoxy) is 1. The van der Waals surface area contributed by atoms with Crippen molar-refractivity contribution in [3.05, 3.63) is 29.6 Å². The van der Waals surface area contributed by atoms with Gasteiger partial charge in [-0.3, -0.25) is 9.78 Å². The SMILES string of the molecule is Cc1ccc(C(=O)COCCN)cn1. The molecule has 4 heteroatoms. The molecule has 0 aliphatic heterocycles. The normalized spacial score (nSPS) is 10.1. The molecule has 0 bridgehead atoms. The summed E-state index contributed by atoms with van der Waals surface area (Å²) in [5.41, 5.74) is 6.69. The molecule has 0 amide bonds. The van der Waals surface area contributed by atoms with Gasteiger partial charge < -0.3 is 10.5 Å². The summed E-state index contributed by atoms with van der Waals surface area (Å²) in [5.74, 6) is -0.0639. The van der Waals surface area contributed by atoms with E-state index in [1.807, 2.05) is 6.92 Å². The van der Waals surface area contributed by atoms with E-state index in [1.165, 1.54) is 0 Å². The molecule has 0 unspecified atom stereocenters. The number of rotatable bonds is 5. The first-order chi connectivity index (χ1) is 6.74. The third-order valence-corrected chi connectivity index (χ3v) is 1.73. The number of pyridine rings is 1. The summed E-state index contributed by atoms with van der Waals surface area (Å²) in [6.45, 7) is 2.78. The molecule has 0 aliphatic rings. The Morgan fingerprint density at radius 2 is 2.36 bits per heavy atom. The van der Waals surface area contributed by atoms with Crippen LogP contribution in [0.25, 0.3) is 0 Å². The van der Waals surface area contributed by atoms with Crippen LogP contribution >= 0.6 is 0 Å². The van der Waals surface area contributed by atoms with Gasteiger partial charge in [0, 0.05) is 24.0 Å². The highest BCUT2D eigenvalue weighted by Crippen LogP contribution is 2.00. The average molecular weight is 194 g/mol. The van der Waals surface area contributed by atoms with Crippen molar-refractivity contribution in [1.29, 1.82) is 0 Å². The minimum Gasteiger partial charge on any atom is -0.372 e. The molecular formula is C10H14N2O2. The summed E-state index contributed by atoms with van der Waals surface area (Å²) >= 11 is 0. The minimum atomic E-state index is -0.0639. The van der Waals surface area contributed by atoms with Crippen molar-refractivity contribution in [3.8, 4) is 0 Å². The maximum absolute atomic E-state index is 11.4. The molecule has 0 aromatic carbocycles. The maximum Gasteiger partial charge on any atom is 0.190 e. The van der Waals surface area contributed by atoms with Crippen LogP contribution in [-0.2, 0) is 4.74 Å². The zero-order valence-corrected chi connectivity index (χ0v) is 8.19. The second-order valence-corrected chi connectivity index (χ2v) is 2.95. The van der Waals surface area contributed by atoms with Crippen LogP contribution in [-0.4, -0.2) is 30.5 Å². The van der Waals surface area contributed by atoms with Gasteiger partial charge in [0.05, 0.1) is 6.61 Å². The van der Waals surface area contributed by atoms with E-state index in [1.54, 1.807) is 18.3 Å². The van der Waals surface area contributed by atoms with Gasteiger partial charge in [0.25, 0.3) is 0 Å². The molecule has 14 heavy (non-hydrogen) atoms. The summed E-state index contributed by atoms with van der Waals surface area (Å²) < 4.78 is 5.03. The van der Waals surface area contributed by atoms with E-state index in [2.05, 4.69) is 4.98 Å². The second-order valence-electron chi connectivity index (χ2n) is 2.95. The van der Waals surface area contributed by atoms with Crippen molar-refractivity contribution in [2.24, 2.45) is 5.73 Å². The van der Waals surface area contributed by atoms with Crippen molar-refractivity contribution in [2.75, 3.05) is 19.8 Å². The molecule has 0 radical (unpaired) electrons. The lowest BCUT2D eigenvalue weighted by molar-refractivity contribution is 0.0774. The number of Topliss-reactive ketones (excluding diaryl/α,β-unsaturated/α-hetero) is 1. The Kier molecular flexibility index (Phi) is 4.22. The van der Waals surface area contributed by atoms with Crippen molar-refractivity contribution in [3.63, 3.8) is 0 Å². The van der Waals surface area contributed by atoms with Gasteiger partial charge in [0.1, 0.15) is 6.61 Å². The fraction of sp³-hybridized carbons (Fsp3) is 0.400. The highest BCUT2D eigenvalue weighted by molar-refractivity contribution is 5.96. The number of hydrogen-bond donors (Lipinski definition) is 1. The van der Waals surface area contributed by atoms with Crippen molar-refractivity contribution in [2.45, 2.75) is 6.92 Å². The van der Waals surface area contributed by atoms with Gasteiger partial charge in [-0.05, 0) is 19.1 Å². The first-order valence-electron chi connectivity index (χ1n) is 4.47. The Hall–Kier alpha value is -1.26. The van der Waals surface area contributed by atoms with E-state index in [4.69, 9.17) is 10.5 Å². The lowest BCUT2D eigenvalue weighted by Gasteiger charge is -2.01. The van der Waals surface area contributed by atoms with Crippen LogP contribution in [0.2, 0.25) is 0 Å². The van der Waals surface area contributed by atoms with Gasteiger partial charge in [-0.2, -0.15) is 0 Å². The molecule has 0 saturated heterocycles. The largest absolute Gasteiger partial charge is 0.372 e. The monoisotopic (exact) mass is 194 g/mol. The summed E-state index contributed by atoms with van der Waals surface area (Å²) in [5, 5.41) is 0. The van der Waals surface area contributed by atoms with Crippen LogP contribution in [0.1, 0.15) is 16.1 Å². The highest BCUT2D eigenvalue weighted by atomic mass is 16.5. The minimum absolute atomic E-state index is 0.0639. The first kappa shape index (κ1) is 10.8.